The van der Waals surface area contributed by atoms with E-state index in [1.807, 2.05) is 6.20 Å². The molecule has 3 heteroatoms. The molecule has 1 saturated carbocycles. The summed E-state index contributed by atoms with van der Waals surface area (Å²) in [6.07, 6.45) is 9.26. The molecule has 3 nitrogen and oxygen atoms in total. The van der Waals surface area contributed by atoms with Gasteiger partial charge in [0.05, 0.1) is 0 Å². The van der Waals surface area contributed by atoms with Crippen molar-refractivity contribution in [2.75, 3.05) is 6.54 Å². The first-order valence-corrected chi connectivity index (χ1v) is 7.48. The number of likely N-dealkylation sites (N-methyl/N-ethyl adjacent to an activating group) is 1. The molecule has 1 aromatic rings. The highest BCUT2D eigenvalue weighted by molar-refractivity contribution is 4.98. The summed E-state index contributed by atoms with van der Waals surface area (Å²) < 4.78 is 2.27. The van der Waals surface area contributed by atoms with Crippen molar-refractivity contribution in [1.29, 1.82) is 0 Å². The summed E-state index contributed by atoms with van der Waals surface area (Å²) in [6, 6.07) is 0.604. The van der Waals surface area contributed by atoms with E-state index in [4.69, 9.17) is 0 Å². The van der Waals surface area contributed by atoms with Crippen LogP contribution in [-0.4, -0.2) is 22.1 Å². The predicted molar refractivity (Wildman–Crippen MR) is 75.6 cm³/mol. The van der Waals surface area contributed by atoms with Crippen molar-refractivity contribution in [1.82, 2.24) is 14.9 Å². The Hall–Kier alpha value is -0.830. The van der Waals surface area contributed by atoms with E-state index in [1.165, 1.54) is 25.1 Å². The molecule has 102 valence electrons. The highest BCUT2D eigenvalue weighted by Gasteiger charge is 2.29. The standard InChI is InChI=1S/C15H27N3/c1-4-16-14(13-7-6-12(3)10-13)11-15-17-8-9-18(15)5-2/h8-9,12-14,16H,4-7,10-11H2,1-3H3. The number of aryl methyl sites for hydroxylation is 1. The molecule has 0 aliphatic heterocycles. The number of rotatable bonds is 6. The zero-order chi connectivity index (χ0) is 13.0. The van der Waals surface area contributed by atoms with E-state index in [0.29, 0.717) is 6.04 Å². The van der Waals surface area contributed by atoms with Crippen molar-refractivity contribution in [2.24, 2.45) is 11.8 Å². The summed E-state index contributed by atoms with van der Waals surface area (Å²) in [5.41, 5.74) is 0. The molecule has 1 N–H and O–H groups in total. The van der Waals surface area contributed by atoms with E-state index in [-0.39, 0.29) is 0 Å². The van der Waals surface area contributed by atoms with Gasteiger partial charge in [0.1, 0.15) is 5.82 Å². The van der Waals surface area contributed by atoms with E-state index < -0.39 is 0 Å². The van der Waals surface area contributed by atoms with Crippen LogP contribution in [0.5, 0.6) is 0 Å². The van der Waals surface area contributed by atoms with Crippen molar-refractivity contribution in [3.63, 3.8) is 0 Å². The Kier molecular flexibility index (Phi) is 4.81. The van der Waals surface area contributed by atoms with Gasteiger partial charge in [0.2, 0.25) is 0 Å². The van der Waals surface area contributed by atoms with Gasteiger partial charge in [-0.1, -0.05) is 20.3 Å². The highest BCUT2D eigenvalue weighted by Crippen LogP contribution is 2.33. The molecule has 0 saturated heterocycles. The molecule has 3 unspecified atom stereocenters. The molecule has 0 radical (unpaired) electrons. The molecule has 1 aromatic heterocycles. The molecule has 1 aliphatic rings. The first-order valence-electron chi connectivity index (χ1n) is 7.48. The van der Waals surface area contributed by atoms with Gasteiger partial charge in [-0.05, 0) is 38.1 Å². The van der Waals surface area contributed by atoms with Crippen LogP contribution in [0.25, 0.3) is 0 Å². The van der Waals surface area contributed by atoms with Crippen molar-refractivity contribution >= 4 is 0 Å². The number of nitrogens with zero attached hydrogens (tertiary/aromatic N) is 2. The lowest BCUT2D eigenvalue weighted by molar-refractivity contribution is 0.346. The minimum absolute atomic E-state index is 0.604. The number of nitrogens with one attached hydrogen (secondary N) is 1. The molecule has 2 rings (SSSR count). The Morgan fingerprint density at radius 1 is 1.44 bits per heavy atom. The average molecular weight is 249 g/mol. The van der Waals surface area contributed by atoms with E-state index in [9.17, 15) is 0 Å². The van der Waals surface area contributed by atoms with Gasteiger partial charge in [0.15, 0.2) is 0 Å². The number of hydrogen-bond acceptors (Lipinski definition) is 2. The first kappa shape index (κ1) is 13.6. The van der Waals surface area contributed by atoms with Crippen LogP contribution in [-0.2, 0) is 13.0 Å². The summed E-state index contributed by atoms with van der Waals surface area (Å²) in [7, 11) is 0. The third-order valence-electron chi connectivity index (χ3n) is 4.32. The van der Waals surface area contributed by atoms with E-state index >= 15 is 0 Å². The van der Waals surface area contributed by atoms with E-state index in [2.05, 4.69) is 41.8 Å². The second-order valence-electron chi connectivity index (χ2n) is 5.68. The molecule has 0 bridgehead atoms. The Morgan fingerprint density at radius 3 is 2.89 bits per heavy atom. The maximum atomic E-state index is 4.52. The Morgan fingerprint density at radius 2 is 2.28 bits per heavy atom. The van der Waals surface area contributed by atoms with Gasteiger partial charge in [-0.3, -0.25) is 0 Å². The lowest BCUT2D eigenvalue weighted by atomic mass is 9.94. The maximum Gasteiger partial charge on any atom is 0.110 e. The fraction of sp³-hybridized carbons (Fsp3) is 0.800. The fourth-order valence-electron chi connectivity index (χ4n) is 3.30. The second-order valence-corrected chi connectivity index (χ2v) is 5.68. The van der Waals surface area contributed by atoms with Crippen molar-refractivity contribution in [3.05, 3.63) is 18.2 Å². The van der Waals surface area contributed by atoms with Crippen LogP contribution in [0.3, 0.4) is 0 Å². The SMILES string of the molecule is CCNC(Cc1nccn1CC)C1CCC(C)C1. The van der Waals surface area contributed by atoms with Crippen LogP contribution in [0, 0.1) is 11.8 Å². The average Bonchev–Trinajstić information content (AvgIpc) is 2.97. The molecular weight excluding hydrogens is 222 g/mol. The molecular formula is C15H27N3. The highest BCUT2D eigenvalue weighted by atomic mass is 15.1. The van der Waals surface area contributed by atoms with Crippen molar-refractivity contribution in [3.8, 4) is 0 Å². The fourth-order valence-corrected chi connectivity index (χ4v) is 3.30. The van der Waals surface area contributed by atoms with Crippen LogP contribution in [0.15, 0.2) is 12.4 Å². The minimum Gasteiger partial charge on any atom is -0.335 e. The quantitative estimate of drug-likeness (QED) is 0.840. The van der Waals surface area contributed by atoms with Crippen LogP contribution in [0.2, 0.25) is 0 Å². The number of aromatic nitrogens is 2. The monoisotopic (exact) mass is 249 g/mol. The summed E-state index contributed by atoms with van der Waals surface area (Å²) in [5.74, 6) is 2.98. The topological polar surface area (TPSA) is 29.9 Å². The van der Waals surface area contributed by atoms with Gasteiger partial charge < -0.3 is 9.88 Å². The second kappa shape index (κ2) is 6.37. The molecule has 18 heavy (non-hydrogen) atoms. The third-order valence-corrected chi connectivity index (χ3v) is 4.32. The normalized spacial score (nSPS) is 25.5. The molecule has 0 amide bonds. The number of imidazole rings is 1. The minimum atomic E-state index is 0.604. The van der Waals surface area contributed by atoms with Gasteiger partial charge in [0.25, 0.3) is 0 Å². The molecule has 1 aliphatic carbocycles. The van der Waals surface area contributed by atoms with Gasteiger partial charge in [0, 0.05) is 31.4 Å². The molecule has 0 aromatic carbocycles. The summed E-state index contributed by atoms with van der Waals surface area (Å²) in [5, 5.41) is 3.68. The van der Waals surface area contributed by atoms with Gasteiger partial charge >= 0.3 is 0 Å². The zero-order valence-electron chi connectivity index (χ0n) is 12.0. The lowest BCUT2D eigenvalue weighted by Gasteiger charge is -2.24. The Bertz CT molecular complexity index is 358. The van der Waals surface area contributed by atoms with Crippen LogP contribution >= 0.6 is 0 Å². The Balaban J connectivity index is 2.01. The zero-order valence-corrected chi connectivity index (χ0v) is 12.0. The Labute approximate surface area is 111 Å². The third kappa shape index (κ3) is 3.14. The van der Waals surface area contributed by atoms with Gasteiger partial charge in [-0.15, -0.1) is 0 Å². The van der Waals surface area contributed by atoms with Gasteiger partial charge in [-0.2, -0.15) is 0 Å². The molecule has 1 heterocycles. The lowest BCUT2D eigenvalue weighted by Crippen LogP contribution is -2.37. The van der Waals surface area contributed by atoms with Crippen LogP contribution in [0.4, 0.5) is 0 Å². The maximum absolute atomic E-state index is 4.52. The van der Waals surface area contributed by atoms with E-state index in [1.54, 1.807) is 0 Å². The molecule has 0 spiro atoms. The summed E-state index contributed by atoms with van der Waals surface area (Å²) in [6.45, 7) is 8.86. The van der Waals surface area contributed by atoms with Gasteiger partial charge in [-0.25, -0.2) is 4.98 Å². The predicted octanol–water partition coefficient (Wildman–Crippen LogP) is 2.86. The molecule has 3 atom stereocenters. The molecule has 1 fully saturated rings. The summed E-state index contributed by atoms with van der Waals surface area (Å²) >= 11 is 0. The van der Waals surface area contributed by atoms with Crippen molar-refractivity contribution < 1.29 is 0 Å². The largest absolute Gasteiger partial charge is 0.335 e. The number of hydrogen-bond donors (Lipinski definition) is 1. The summed E-state index contributed by atoms with van der Waals surface area (Å²) in [4.78, 5) is 4.52. The van der Waals surface area contributed by atoms with Crippen LogP contribution in [0.1, 0.15) is 45.9 Å². The van der Waals surface area contributed by atoms with Crippen LogP contribution < -0.4 is 5.32 Å². The first-order chi connectivity index (χ1) is 8.74. The van der Waals surface area contributed by atoms with Crippen molar-refractivity contribution in [2.45, 2.75) is 59.0 Å². The van der Waals surface area contributed by atoms with E-state index in [0.717, 1.165) is 31.3 Å². The smallest absolute Gasteiger partial charge is 0.110 e.